The topological polar surface area (TPSA) is 50.2 Å². The predicted molar refractivity (Wildman–Crippen MR) is 105 cm³/mol. The first-order chi connectivity index (χ1) is 13.9. The fraction of sp³-hybridized carbons (Fsp3) is 0.810. The Labute approximate surface area is 170 Å². The highest BCUT2D eigenvalue weighted by Crippen LogP contribution is 2.41. The standard InChI is InChI=1S/C21H31F3N4O/c1-2-16-11-18(21(22,23)24)28-19(25-16)12-17(26-28)15-9-6-10-27(13-15)20(29)14-7-4-3-5-8-14/h12,14-16,18,25H,2-11,13H2,1H3/t15-,16-,18-/m1/s1. The van der Waals surface area contributed by atoms with E-state index < -0.39 is 12.2 Å². The zero-order valence-corrected chi connectivity index (χ0v) is 17.0. The van der Waals surface area contributed by atoms with E-state index in [9.17, 15) is 18.0 Å². The molecule has 8 heteroatoms. The van der Waals surface area contributed by atoms with Crippen molar-refractivity contribution in [2.45, 2.75) is 88.9 Å². The van der Waals surface area contributed by atoms with Gasteiger partial charge in [-0.25, -0.2) is 4.68 Å². The summed E-state index contributed by atoms with van der Waals surface area (Å²) >= 11 is 0. The second-order valence-electron chi connectivity index (χ2n) is 8.90. The minimum absolute atomic E-state index is 0.00477. The van der Waals surface area contributed by atoms with E-state index in [4.69, 9.17) is 0 Å². The van der Waals surface area contributed by atoms with Gasteiger partial charge in [-0.15, -0.1) is 0 Å². The fourth-order valence-electron chi connectivity index (χ4n) is 5.16. The van der Waals surface area contributed by atoms with Gasteiger partial charge in [-0.1, -0.05) is 26.2 Å². The molecular weight excluding hydrogens is 381 g/mol. The highest BCUT2D eigenvalue weighted by molar-refractivity contribution is 5.79. The summed E-state index contributed by atoms with van der Waals surface area (Å²) in [7, 11) is 0. The molecule has 3 heterocycles. The van der Waals surface area contributed by atoms with E-state index in [-0.39, 0.29) is 30.2 Å². The Morgan fingerprint density at radius 1 is 1.21 bits per heavy atom. The molecule has 5 nitrogen and oxygen atoms in total. The van der Waals surface area contributed by atoms with Gasteiger partial charge in [0.25, 0.3) is 0 Å². The molecule has 2 fully saturated rings. The summed E-state index contributed by atoms with van der Waals surface area (Å²) in [5.41, 5.74) is 0.680. The third-order valence-electron chi connectivity index (χ3n) is 6.89. The number of likely N-dealkylation sites (tertiary alicyclic amines) is 1. The number of carbonyl (C=O) groups excluding carboxylic acids is 1. The van der Waals surface area contributed by atoms with Crippen molar-refractivity contribution in [2.75, 3.05) is 18.4 Å². The lowest BCUT2D eigenvalue weighted by Crippen LogP contribution is -2.43. The Morgan fingerprint density at radius 2 is 1.97 bits per heavy atom. The molecule has 1 amide bonds. The lowest BCUT2D eigenvalue weighted by Gasteiger charge is -2.35. The maximum Gasteiger partial charge on any atom is 0.410 e. The lowest BCUT2D eigenvalue weighted by molar-refractivity contribution is -0.173. The van der Waals surface area contributed by atoms with E-state index in [1.54, 1.807) is 6.07 Å². The summed E-state index contributed by atoms with van der Waals surface area (Å²) in [6.07, 6.45) is 3.43. The van der Waals surface area contributed by atoms with Gasteiger partial charge < -0.3 is 10.2 Å². The highest BCUT2D eigenvalue weighted by Gasteiger charge is 2.46. The molecule has 1 aromatic heterocycles. The number of rotatable bonds is 3. The summed E-state index contributed by atoms with van der Waals surface area (Å²) in [6, 6.07) is -0.00442. The van der Waals surface area contributed by atoms with E-state index in [2.05, 4.69) is 10.4 Å². The van der Waals surface area contributed by atoms with Crippen LogP contribution in [-0.4, -0.2) is 45.9 Å². The molecular formula is C21H31F3N4O. The normalized spacial score (nSPS) is 28.7. The minimum atomic E-state index is -4.32. The molecule has 1 saturated carbocycles. The van der Waals surface area contributed by atoms with Crippen LogP contribution in [0, 0.1) is 5.92 Å². The molecule has 0 aromatic carbocycles. The van der Waals surface area contributed by atoms with Crippen molar-refractivity contribution < 1.29 is 18.0 Å². The molecule has 0 radical (unpaired) electrons. The number of amides is 1. The van der Waals surface area contributed by atoms with Gasteiger partial charge in [0.05, 0.1) is 5.69 Å². The molecule has 162 valence electrons. The zero-order chi connectivity index (χ0) is 20.6. The first-order valence-corrected chi connectivity index (χ1v) is 11.1. The number of aromatic nitrogens is 2. The van der Waals surface area contributed by atoms with Gasteiger partial charge >= 0.3 is 6.18 Å². The zero-order valence-electron chi connectivity index (χ0n) is 17.0. The van der Waals surface area contributed by atoms with Crippen LogP contribution < -0.4 is 5.32 Å². The first kappa shape index (κ1) is 20.5. The predicted octanol–water partition coefficient (Wildman–Crippen LogP) is 4.87. The van der Waals surface area contributed by atoms with Gasteiger partial charge in [-0.05, 0) is 38.5 Å². The lowest BCUT2D eigenvalue weighted by atomic mass is 9.87. The van der Waals surface area contributed by atoms with Crippen LogP contribution in [0.5, 0.6) is 0 Å². The number of halogens is 3. The van der Waals surface area contributed by atoms with Gasteiger partial charge in [-0.3, -0.25) is 4.79 Å². The first-order valence-electron chi connectivity index (χ1n) is 11.1. The Bertz CT molecular complexity index is 726. The van der Waals surface area contributed by atoms with E-state index in [1.165, 1.54) is 6.42 Å². The smallest absolute Gasteiger partial charge is 0.367 e. The van der Waals surface area contributed by atoms with Crippen LogP contribution >= 0.6 is 0 Å². The van der Waals surface area contributed by atoms with Crippen molar-refractivity contribution in [1.82, 2.24) is 14.7 Å². The molecule has 1 saturated heterocycles. The number of hydrogen-bond acceptors (Lipinski definition) is 3. The number of carbonyl (C=O) groups is 1. The maximum atomic E-state index is 13.6. The summed E-state index contributed by atoms with van der Waals surface area (Å²) in [5.74, 6) is 0.816. The Kier molecular flexibility index (Phi) is 5.80. The second kappa shape index (κ2) is 8.19. The molecule has 1 N–H and O–H groups in total. The van der Waals surface area contributed by atoms with E-state index in [0.717, 1.165) is 49.8 Å². The van der Waals surface area contributed by atoms with Crippen LogP contribution in [-0.2, 0) is 4.79 Å². The fourth-order valence-corrected chi connectivity index (χ4v) is 5.16. The maximum absolute atomic E-state index is 13.6. The third kappa shape index (κ3) is 4.26. The van der Waals surface area contributed by atoms with Crippen molar-refractivity contribution in [2.24, 2.45) is 5.92 Å². The molecule has 0 bridgehead atoms. The van der Waals surface area contributed by atoms with E-state index in [0.29, 0.717) is 24.5 Å². The number of anilines is 1. The third-order valence-corrected chi connectivity index (χ3v) is 6.89. The van der Waals surface area contributed by atoms with Gasteiger partial charge in [0.15, 0.2) is 6.04 Å². The van der Waals surface area contributed by atoms with Crippen LogP contribution in [0.1, 0.15) is 82.4 Å². The average molecular weight is 413 g/mol. The van der Waals surface area contributed by atoms with Crippen molar-refractivity contribution >= 4 is 11.7 Å². The number of nitrogens with zero attached hydrogens (tertiary/aromatic N) is 3. The van der Waals surface area contributed by atoms with Gasteiger partial charge in [-0.2, -0.15) is 18.3 Å². The number of alkyl halides is 3. The highest BCUT2D eigenvalue weighted by atomic mass is 19.4. The van der Waals surface area contributed by atoms with Crippen LogP contribution in [0.3, 0.4) is 0 Å². The minimum Gasteiger partial charge on any atom is -0.367 e. The van der Waals surface area contributed by atoms with Crippen molar-refractivity contribution in [3.8, 4) is 0 Å². The summed E-state index contributed by atoms with van der Waals surface area (Å²) in [6.45, 7) is 3.22. The van der Waals surface area contributed by atoms with E-state index >= 15 is 0 Å². The number of hydrogen-bond donors (Lipinski definition) is 1. The molecule has 2 aliphatic heterocycles. The van der Waals surface area contributed by atoms with Gasteiger partial charge in [0.2, 0.25) is 5.91 Å². The van der Waals surface area contributed by atoms with Crippen molar-refractivity contribution in [3.05, 3.63) is 11.8 Å². The Morgan fingerprint density at radius 3 is 2.66 bits per heavy atom. The van der Waals surface area contributed by atoms with Crippen LogP contribution in [0.25, 0.3) is 0 Å². The van der Waals surface area contributed by atoms with Crippen molar-refractivity contribution in [3.63, 3.8) is 0 Å². The number of fused-ring (bicyclic) bond motifs is 1. The van der Waals surface area contributed by atoms with Crippen LogP contribution in [0.4, 0.5) is 19.0 Å². The van der Waals surface area contributed by atoms with Gasteiger partial charge in [0.1, 0.15) is 5.82 Å². The summed E-state index contributed by atoms with van der Waals surface area (Å²) < 4.78 is 42.0. The number of nitrogens with one attached hydrogen (secondary N) is 1. The average Bonchev–Trinajstić information content (AvgIpc) is 3.16. The SMILES string of the molecule is CC[C@@H]1C[C@H](C(F)(F)F)n2nc([C@@H]3CCCN(C(=O)C4CCCCC4)C3)cc2N1. The van der Waals surface area contributed by atoms with E-state index in [1.807, 2.05) is 11.8 Å². The summed E-state index contributed by atoms with van der Waals surface area (Å²) in [4.78, 5) is 14.9. The Hall–Kier alpha value is -1.73. The molecule has 1 aromatic rings. The molecule has 29 heavy (non-hydrogen) atoms. The van der Waals surface area contributed by atoms with Crippen LogP contribution in [0.15, 0.2) is 6.07 Å². The molecule has 4 rings (SSSR count). The number of piperidine rings is 1. The summed E-state index contributed by atoms with van der Waals surface area (Å²) in [5, 5.41) is 7.61. The monoisotopic (exact) mass is 412 g/mol. The molecule has 3 aliphatic rings. The largest absolute Gasteiger partial charge is 0.410 e. The molecule has 0 unspecified atom stereocenters. The molecule has 0 spiro atoms. The van der Waals surface area contributed by atoms with Gasteiger partial charge in [0, 0.05) is 37.0 Å². The molecule has 3 atom stereocenters. The second-order valence-corrected chi connectivity index (χ2v) is 8.90. The van der Waals surface area contributed by atoms with Crippen LogP contribution in [0.2, 0.25) is 0 Å². The molecule has 1 aliphatic carbocycles. The quantitative estimate of drug-likeness (QED) is 0.771. The van der Waals surface area contributed by atoms with Crippen molar-refractivity contribution in [1.29, 1.82) is 0 Å². The Balaban J connectivity index is 1.51.